The van der Waals surface area contributed by atoms with Crippen molar-refractivity contribution in [2.75, 3.05) is 0 Å². The number of hydrogen-bond donors (Lipinski definition) is 0. The minimum Gasteiger partial charge on any atom is -0.182 e. The molecule has 1 aromatic heterocycles. The molecule has 0 aromatic carbocycles. The summed E-state index contributed by atoms with van der Waals surface area (Å²) in [5, 5.41) is 8.46. The zero-order valence-corrected chi connectivity index (χ0v) is 7.57. The second kappa shape index (κ2) is 3.03. The Morgan fingerprint density at radius 1 is 1.27 bits per heavy atom. The van der Waals surface area contributed by atoms with E-state index in [9.17, 15) is 0 Å². The van der Waals surface area contributed by atoms with Gasteiger partial charge < -0.3 is 0 Å². The van der Waals surface area contributed by atoms with Crippen molar-refractivity contribution in [3.63, 3.8) is 0 Å². The van der Waals surface area contributed by atoms with E-state index in [1.807, 2.05) is 6.20 Å². The predicted octanol–water partition coefficient (Wildman–Crippen LogP) is 1.98. The van der Waals surface area contributed by atoms with Gasteiger partial charge in [0.2, 0.25) is 0 Å². The lowest BCUT2D eigenvalue weighted by atomic mass is 10.2. The summed E-state index contributed by atoms with van der Waals surface area (Å²) in [6, 6.07) is 0.363. The summed E-state index contributed by atoms with van der Waals surface area (Å²) in [5.74, 6) is 0.475. The normalized spacial score (nSPS) is 11.5. The topological polar surface area (TPSA) is 30.7 Å². The summed E-state index contributed by atoms with van der Waals surface area (Å²) in [6.07, 6.45) is 1.84. The summed E-state index contributed by atoms with van der Waals surface area (Å²) in [4.78, 5) is 1.75. The summed E-state index contributed by atoms with van der Waals surface area (Å²) >= 11 is 0. The van der Waals surface area contributed by atoms with Gasteiger partial charge >= 0.3 is 0 Å². The lowest BCUT2D eigenvalue weighted by molar-refractivity contribution is 0.461. The molecule has 3 nitrogen and oxygen atoms in total. The van der Waals surface area contributed by atoms with Crippen LogP contribution >= 0.6 is 0 Å². The molecule has 0 N–H and O–H groups in total. The van der Waals surface area contributed by atoms with Crippen LogP contribution in [0.15, 0.2) is 6.20 Å². The highest BCUT2D eigenvalue weighted by atomic mass is 15.5. The number of aromatic nitrogens is 3. The van der Waals surface area contributed by atoms with Gasteiger partial charge in [-0.15, -0.1) is 0 Å². The zero-order valence-electron chi connectivity index (χ0n) is 7.57. The van der Waals surface area contributed by atoms with Gasteiger partial charge in [0.15, 0.2) is 0 Å². The van der Waals surface area contributed by atoms with Crippen molar-refractivity contribution < 1.29 is 0 Å². The summed E-state index contributed by atoms with van der Waals surface area (Å²) in [5.41, 5.74) is 1.07. The van der Waals surface area contributed by atoms with Crippen LogP contribution in [0.3, 0.4) is 0 Å². The van der Waals surface area contributed by atoms with Gasteiger partial charge in [-0.2, -0.15) is 15.0 Å². The highest BCUT2D eigenvalue weighted by Crippen LogP contribution is 2.10. The van der Waals surface area contributed by atoms with Crippen LogP contribution in [0.1, 0.15) is 45.3 Å². The van der Waals surface area contributed by atoms with Gasteiger partial charge in [0.25, 0.3) is 0 Å². The lowest BCUT2D eigenvalue weighted by Crippen LogP contribution is -2.05. The Morgan fingerprint density at radius 3 is 2.18 bits per heavy atom. The Bertz CT molecular complexity index is 202. The summed E-state index contributed by atoms with van der Waals surface area (Å²) in [7, 11) is 0. The Hall–Kier alpha value is -0.860. The van der Waals surface area contributed by atoms with E-state index < -0.39 is 0 Å². The Labute approximate surface area is 67.4 Å². The van der Waals surface area contributed by atoms with Gasteiger partial charge in [0.05, 0.1) is 17.9 Å². The van der Waals surface area contributed by atoms with Gasteiger partial charge in [0, 0.05) is 0 Å². The van der Waals surface area contributed by atoms with E-state index in [4.69, 9.17) is 0 Å². The molecule has 0 atom stereocenters. The van der Waals surface area contributed by atoms with Crippen LogP contribution in [0, 0.1) is 0 Å². The van der Waals surface area contributed by atoms with Crippen LogP contribution in [0.4, 0.5) is 0 Å². The van der Waals surface area contributed by atoms with Crippen LogP contribution < -0.4 is 0 Å². The van der Waals surface area contributed by atoms with E-state index in [0.717, 1.165) is 5.69 Å². The van der Waals surface area contributed by atoms with Crippen molar-refractivity contribution in [3.05, 3.63) is 11.9 Å². The highest BCUT2D eigenvalue weighted by molar-refractivity contribution is 4.97. The fourth-order valence-electron chi connectivity index (χ4n) is 0.802. The van der Waals surface area contributed by atoms with Crippen LogP contribution in [-0.2, 0) is 0 Å². The van der Waals surface area contributed by atoms with Gasteiger partial charge in [0.1, 0.15) is 0 Å². The average Bonchev–Trinajstić information content (AvgIpc) is 2.33. The second-order valence-corrected chi connectivity index (χ2v) is 3.34. The van der Waals surface area contributed by atoms with E-state index in [1.165, 1.54) is 0 Å². The molecule has 0 fully saturated rings. The molecule has 0 aliphatic carbocycles. The third-order valence-electron chi connectivity index (χ3n) is 1.58. The molecule has 1 aromatic rings. The quantitative estimate of drug-likeness (QED) is 0.650. The first kappa shape index (κ1) is 8.24. The van der Waals surface area contributed by atoms with Crippen LogP contribution in [0.2, 0.25) is 0 Å². The van der Waals surface area contributed by atoms with Crippen molar-refractivity contribution in [2.45, 2.75) is 39.7 Å². The fourth-order valence-corrected chi connectivity index (χ4v) is 0.802. The molecular weight excluding hydrogens is 138 g/mol. The molecule has 3 heteroatoms. The standard InChI is InChI=1S/C8H15N3/c1-6(2)8-5-9-11(10-8)7(3)4/h5-7H,1-4H3. The van der Waals surface area contributed by atoms with Crippen LogP contribution in [0.5, 0.6) is 0 Å². The minimum absolute atomic E-state index is 0.363. The molecule has 11 heavy (non-hydrogen) atoms. The first-order valence-electron chi connectivity index (χ1n) is 4.03. The minimum atomic E-state index is 0.363. The molecule has 0 spiro atoms. The molecule has 0 unspecified atom stereocenters. The second-order valence-electron chi connectivity index (χ2n) is 3.34. The monoisotopic (exact) mass is 153 g/mol. The van der Waals surface area contributed by atoms with Crippen molar-refractivity contribution in [2.24, 2.45) is 0 Å². The Morgan fingerprint density at radius 2 is 1.91 bits per heavy atom. The molecule has 1 rings (SSSR count). The smallest absolute Gasteiger partial charge is 0.0852 e. The molecule has 0 aliphatic heterocycles. The van der Waals surface area contributed by atoms with E-state index in [2.05, 4.69) is 37.9 Å². The first-order valence-corrected chi connectivity index (χ1v) is 4.03. The van der Waals surface area contributed by atoms with Crippen molar-refractivity contribution >= 4 is 0 Å². The maximum absolute atomic E-state index is 4.31. The van der Waals surface area contributed by atoms with E-state index in [0.29, 0.717) is 12.0 Å². The molecule has 0 bridgehead atoms. The van der Waals surface area contributed by atoms with Crippen molar-refractivity contribution in [3.8, 4) is 0 Å². The Balaban J connectivity index is 2.82. The van der Waals surface area contributed by atoms with Crippen LogP contribution in [0.25, 0.3) is 0 Å². The van der Waals surface area contributed by atoms with Gasteiger partial charge in [-0.25, -0.2) is 0 Å². The van der Waals surface area contributed by atoms with Gasteiger partial charge in [-0.3, -0.25) is 0 Å². The van der Waals surface area contributed by atoms with E-state index >= 15 is 0 Å². The highest BCUT2D eigenvalue weighted by Gasteiger charge is 2.05. The maximum atomic E-state index is 4.31. The van der Waals surface area contributed by atoms with Crippen molar-refractivity contribution in [1.29, 1.82) is 0 Å². The average molecular weight is 153 g/mol. The van der Waals surface area contributed by atoms with E-state index in [-0.39, 0.29) is 0 Å². The third-order valence-corrected chi connectivity index (χ3v) is 1.58. The molecule has 1 heterocycles. The Kier molecular flexibility index (Phi) is 2.27. The summed E-state index contributed by atoms with van der Waals surface area (Å²) < 4.78 is 0. The number of hydrogen-bond acceptors (Lipinski definition) is 2. The van der Waals surface area contributed by atoms with Crippen molar-refractivity contribution in [1.82, 2.24) is 15.0 Å². The SMILES string of the molecule is CC(C)c1cnn(C(C)C)n1. The number of rotatable bonds is 2. The molecule has 0 saturated heterocycles. The maximum Gasteiger partial charge on any atom is 0.0852 e. The lowest BCUT2D eigenvalue weighted by Gasteiger charge is -2.01. The zero-order chi connectivity index (χ0) is 8.43. The van der Waals surface area contributed by atoms with Crippen LogP contribution in [-0.4, -0.2) is 15.0 Å². The molecule has 0 aliphatic rings. The first-order chi connectivity index (χ1) is 5.11. The molecule has 0 amide bonds. The fraction of sp³-hybridized carbons (Fsp3) is 0.750. The molecule has 62 valence electrons. The third kappa shape index (κ3) is 1.79. The van der Waals surface area contributed by atoms with Gasteiger partial charge in [-0.05, 0) is 19.8 Å². The van der Waals surface area contributed by atoms with Gasteiger partial charge in [-0.1, -0.05) is 13.8 Å². The molecular formula is C8H15N3. The molecule has 0 saturated carbocycles. The largest absolute Gasteiger partial charge is 0.182 e. The summed E-state index contributed by atoms with van der Waals surface area (Å²) in [6.45, 7) is 8.39. The predicted molar refractivity (Wildman–Crippen MR) is 44.5 cm³/mol. The molecule has 0 radical (unpaired) electrons. The van der Waals surface area contributed by atoms with E-state index in [1.54, 1.807) is 4.80 Å². The number of nitrogens with zero attached hydrogens (tertiary/aromatic N) is 3.